The van der Waals surface area contributed by atoms with Crippen molar-refractivity contribution in [1.82, 2.24) is 5.06 Å². The number of hydroxylamine groups is 2. The Bertz CT molecular complexity index is 339. The van der Waals surface area contributed by atoms with Crippen LogP contribution < -0.4 is 0 Å². The summed E-state index contributed by atoms with van der Waals surface area (Å²) < 4.78 is 4.88. The molecule has 0 aliphatic rings. The van der Waals surface area contributed by atoms with Crippen LogP contribution in [0.5, 0.6) is 0 Å². The lowest BCUT2D eigenvalue weighted by Crippen LogP contribution is -2.37. The van der Waals surface area contributed by atoms with E-state index in [2.05, 4.69) is 27.4 Å². The third-order valence-electron chi connectivity index (χ3n) is 3.17. The number of hydrogen-bond donors (Lipinski definition) is 0. The molecule has 0 aliphatic heterocycles. The van der Waals surface area contributed by atoms with E-state index in [1.165, 1.54) is 0 Å². The molecule has 0 aromatic carbocycles. The zero-order valence-corrected chi connectivity index (χ0v) is 13.3. The number of amides is 1. The molecule has 0 fully saturated rings. The third-order valence-corrected chi connectivity index (χ3v) is 3.17. The molecule has 1 amide bonds. The van der Waals surface area contributed by atoms with Gasteiger partial charge in [-0.15, -0.1) is 5.06 Å². The van der Waals surface area contributed by atoms with E-state index < -0.39 is 12.1 Å². The van der Waals surface area contributed by atoms with Crippen LogP contribution >= 0.6 is 0 Å². The fourth-order valence-electron chi connectivity index (χ4n) is 1.93. The fraction of sp³-hybridized carbons (Fsp3) is 0.733. The smallest absolute Gasteiger partial charge is 0.443 e. The van der Waals surface area contributed by atoms with Crippen molar-refractivity contribution < 1.29 is 19.2 Å². The van der Waals surface area contributed by atoms with Crippen LogP contribution in [-0.2, 0) is 14.4 Å². The standard InChI is InChI=1S/C15H27NO4/c1-7-13(17)20-16(14(18)19-9-3)11-12(4)10-15(5,6)8-2/h7,12H,1,8-11H2,2-6H3. The van der Waals surface area contributed by atoms with Gasteiger partial charge in [0, 0.05) is 6.08 Å². The van der Waals surface area contributed by atoms with Crippen LogP contribution in [0.25, 0.3) is 0 Å². The number of carbonyl (C=O) groups is 2. The van der Waals surface area contributed by atoms with Gasteiger partial charge < -0.3 is 9.57 Å². The van der Waals surface area contributed by atoms with Gasteiger partial charge >= 0.3 is 12.1 Å². The molecule has 0 N–H and O–H groups in total. The molecule has 116 valence electrons. The lowest BCUT2D eigenvalue weighted by Gasteiger charge is -2.29. The first-order valence-electron chi connectivity index (χ1n) is 7.04. The van der Waals surface area contributed by atoms with Gasteiger partial charge in [0.2, 0.25) is 0 Å². The normalized spacial score (nSPS) is 12.4. The zero-order chi connectivity index (χ0) is 15.8. The summed E-state index contributed by atoms with van der Waals surface area (Å²) in [6.45, 7) is 14.1. The van der Waals surface area contributed by atoms with Gasteiger partial charge in [0.25, 0.3) is 0 Å². The highest BCUT2D eigenvalue weighted by molar-refractivity contribution is 5.82. The Morgan fingerprint density at radius 3 is 2.40 bits per heavy atom. The molecule has 0 radical (unpaired) electrons. The predicted molar refractivity (Wildman–Crippen MR) is 77.9 cm³/mol. The predicted octanol–water partition coefficient (Wildman–Crippen LogP) is 3.55. The maximum atomic E-state index is 11.8. The second kappa shape index (κ2) is 8.61. The largest absolute Gasteiger partial charge is 0.448 e. The SMILES string of the molecule is C=CC(=O)ON(CC(C)CC(C)(C)CC)C(=O)OCC. The minimum Gasteiger partial charge on any atom is -0.448 e. The molecule has 0 bridgehead atoms. The van der Waals surface area contributed by atoms with E-state index in [1.54, 1.807) is 6.92 Å². The Labute approximate surface area is 121 Å². The van der Waals surface area contributed by atoms with Gasteiger partial charge in [0.05, 0.1) is 13.2 Å². The monoisotopic (exact) mass is 285 g/mol. The van der Waals surface area contributed by atoms with Crippen LogP contribution in [0.1, 0.15) is 47.5 Å². The van der Waals surface area contributed by atoms with E-state index in [-0.39, 0.29) is 17.9 Å². The Balaban J connectivity index is 4.66. The molecule has 0 saturated heterocycles. The van der Waals surface area contributed by atoms with E-state index >= 15 is 0 Å². The van der Waals surface area contributed by atoms with E-state index in [0.29, 0.717) is 6.54 Å². The quantitative estimate of drug-likeness (QED) is 0.530. The van der Waals surface area contributed by atoms with Crippen molar-refractivity contribution in [2.24, 2.45) is 11.3 Å². The second-order valence-electron chi connectivity index (χ2n) is 5.70. The van der Waals surface area contributed by atoms with Crippen molar-refractivity contribution in [2.45, 2.75) is 47.5 Å². The average Bonchev–Trinajstić information content (AvgIpc) is 2.37. The van der Waals surface area contributed by atoms with Gasteiger partial charge in [-0.25, -0.2) is 9.59 Å². The van der Waals surface area contributed by atoms with Crippen LogP contribution in [0.15, 0.2) is 12.7 Å². The van der Waals surface area contributed by atoms with Crippen molar-refractivity contribution >= 4 is 12.1 Å². The summed E-state index contributed by atoms with van der Waals surface area (Å²) in [6, 6.07) is 0. The molecule has 0 saturated carbocycles. The van der Waals surface area contributed by atoms with E-state index in [0.717, 1.165) is 24.0 Å². The summed E-state index contributed by atoms with van der Waals surface area (Å²) in [5.41, 5.74) is 0.183. The maximum Gasteiger partial charge on any atom is 0.443 e. The summed E-state index contributed by atoms with van der Waals surface area (Å²) in [4.78, 5) is 28.0. The van der Waals surface area contributed by atoms with Crippen LogP contribution in [0.3, 0.4) is 0 Å². The highest BCUT2D eigenvalue weighted by atomic mass is 16.7. The number of rotatable bonds is 7. The van der Waals surface area contributed by atoms with Gasteiger partial charge in [0.15, 0.2) is 0 Å². The molecule has 0 rings (SSSR count). The molecule has 0 aliphatic carbocycles. The molecular weight excluding hydrogens is 258 g/mol. The average molecular weight is 285 g/mol. The number of ether oxygens (including phenoxy) is 1. The first-order valence-corrected chi connectivity index (χ1v) is 7.04. The lowest BCUT2D eigenvalue weighted by atomic mass is 9.81. The van der Waals surface area contributed by atoms with Crippen molar-refractivity contribution in [3.05, 3.63) is 12.7 Å². The van der Waals surface area contributed by atoms with Gasteiger partial charge in [-0.05, 0) is 24.7 Å². The molecule has 1 atom stereocenters. The van der Waals surface area contributed by atoms with Gasteiger partial charge in [-0.2, -0.15) is 0 Å². The third kappa shape index (κ3) is 7.16. The molecule has 0 aromatic rings. The first kappa shape index (κ1) is 18.5. The van der Waals surface area contributed by atoms with Crippen LogP contribution in [0, 0.1) is 11.3 Å². The number of carbonyl (C=O) groups excluding carboxylic acids is 2. The Kier molecular flexibility index (Phi) is 7.96. The van der Waals surface area contributed by atoms with Crippen LogP contribution in [0.2, 0.25) is 0 Å². The Hall–Kier alpha value is -1.52. The first-order chi connectivity index (χ1) is 9.25. The molecule has 20 heavy (non-hydrogen) atoms. The number of nitrogens with zero attached hydrogens (tertiary/aromatic N) is 1. The summed E-state index contributed by atoms with van der Waals surface area (Å²) in [5, 5.41) is 0.976. The topological polar surface area (TPSA) is 55.8 Å². The molecule has 0 aromatic heterocycles. The molecule has 1 unspecified atom stereocenters. The lowest BCUT2D eigenvalue weighted by molar-refractivity contribution is -0.177. The summed E-state index contributed by atoms with van der Waals surface area (Å²) in [7, 11) is 0. The number of hydrogen-bond acceptors (Lipinski definition) is 4. The second-order valence-corrected chi connectivity index (χ2v) is 5.70. The molecule has 0 heterocycles. The zero-order valence-electron chi connectivity index (χ0n) is 13.3. The summed E-state index contributed by atoms with van der Waals surface area (Å²) in [5.74, 6) is -0.480. The van der Waals surface area contributed by atoms with Crippen molar-refractivity contribution in [3.63, 3.8) is 0 Å². The van der Waals surface area contributed by atoms with Gasteiger partial charge in [0.1, 0.15) is 0 Å². The highest BCUT2D eigenvalue weighted by Gasteiger charge is 2.25. The molecule has 0 spiro atoms. The van der Waals surface area contributed by atoms with Crippen LogP contribution in [-0.4, -0.2) is 30.3 Å². The van der Waals surface area contributed by atoms with E-state index in [9.17, 15) is 9.59 Å². The van der Waals surface area contributed by atoms with Gasteiger partial charge in [-0.3, -0.25) is 0 Å². The van der Waals surface area contributed by atoms with Crippen molar-refractivity contribution in [1.29, 1.82) is 0 Å². The van der Waals surface area contributed by atoms with Crippen molar-refractivity contribution in [3.8, 4) is 0 Å². The van der Waals surface area contributed by atoms with Gasteiger partial charge in [-0.1, -0.05) is 40.7 Å². The van der Waals surface area contributed by atoms with E-state index in [1.807, 2.05) is 6.92 Å². The maximum absolute atomic E-state index is 11.8. The molecule has 5 heteroatoms. The Morgan fingerprint density at radius 1 is 1.35 bits per heavy atom. The Morgan fingerprint density at radius 2 is 1.95 bits per heavy atom. The summed E-state index contributed by atoms with van der Waals surface area (Å²) >= 11 is 0. The molecule has 5 nitrogen and oxygen atoms in total. The minimum atomic E-state index is -0.667. The fourth-order valence-corrected chi connectivity index (χ4v) is 1.93. The molecular formula is C15H27NO4. The van der Waals surface area contributed by atoms with Crippen LogP contribution in [0.4, 0.5) is 4.79 Å². The van der Waals surface area contributed by atoms with E-state index in [4.69, 9.17) is 9.57 Å². The highest BCUT2D eigenvalue weighted by Crippen LogP contribution is 2.29. The minimum absolute atomic E-state index is 0.183. The summed E-state index contributed by atoms with van der Waals surface area (Å²) in [6.07, 6.45) is 2.34. The van der Waals surface area contributed by atoms with Crippen molar-refractivity contribution in [2.75, 3.05) is 13.2 Å².